The first-order valence-corrected chi connectivity index (χ1v) is 7.80. The Bertz CT molecular complexity index is 462. The molecule has 3 heteroatoms. The lowest BCUT2D eigenvalue weighted by molar-refractivity contribution is 0.269. The van der Waals surface area contributed by atoms with Crippen molar-refractivity contribution in [3.63, 3.8) is 0 Å². The summed E-state index contributed by atoms with van der Waals surface area (Å²) in [5.41, 5.74) is 9.35. The van der Waals surface area contributed by atoms with Gasteiger partial charge in [0.1, 0.15) is 0 Å². The van der Waals surface area contributed by atoms with Gasteiger partial charge in [-0.05, 0) is 59.5 Å². The fraction of sp³-hybridized carbons (Fsp3) is 0.375. The lowest BCUT2D eigenvalue weighted by atomic mass is 10.1. The third-order valence-electron chi connectivity index (χ3n) is 3.22. The van der Waals surface area contributed by atoms with Crippen molar-refractivity contribution in [2.24, 2.45) is 0 Å². The van der Waals surface area contributed by atoms with Gasteiger partial charge in [-0.25, -0.2) is 0 Å². The van der Waals surface area contributed by atoms with E-state index >= 15 is 0 Å². The SMILES string of the molecule is CCCN(CCc1ccsc1)Cc1ccc(N)cc1. The molecule has 2 nitrogen and oxygen atoms in total. The first-order valence-electron chi connectivity index (χ1n) is 6.86. The minimum atomic E-state index is 0.837. The zero-order chi connectivity index (χ0) is 13.5. The van der Waals surface area contributed by atoms with Crippen LogP contribution in [0.4, 0.5) is 5.69 Å². The van der Waals surface area contributed by atoms with Crippen molar-refractivity contribution in [3.8, 4) is 0 Å². The topological polar surface area (TPSA) is 29.3 Å². The molecule has 0 spiro atoms. The van der Waals surface area contributed by atoms with Crippen LogP contribution >= 0.6 is 11.3 Å². The standard InChI is InChI=1S/C16H22N2S/c1-2-9-18(10-7-15-8-11-19-13-15)12-14-3-5-16(17)6-4-14/h3-6,8,11,13H,2,7,9-10,12,17H2,1H3. The Morgan fingerprint density at radius 1 is 1.05 bits per heavy atom. The molecule has 2 aromatic rings. The minimum absolute atomic E-state index is 0.837. The first-order chi connectivity index (χ1) is 9.28. The first kappa shape index (κ1) is 14.1. The molecule has 102 valence electrons. The molecule has 19 heavy (non-hydrogen) atoms. The van der Waals surface area contributed by atoms with E-state index in [1.165, 1.54) is 17.5 Å². The molecule has 1 heterocycles. The van der Waals surface area contributed by atoms with E-state index in [2.05, 4.69) is 40.8 Å². The summed E-state index contributed by atoms with van der Waals surface area (Å²) in [7, 11) is 0. The number of rotatable bonds is 7. The van der Waals surface area contributed by atoms with Crippen LogP contribution in [0.5, 0.6) is 0 Å². The quantitative estimate of drug-likeness (QED) is 0.778. The van der Waals surface area contributed by atoms with E-state index in [9.17, 15) is 0 Å². The van der Waals surface area contributed by atoms with Gasteiger partial charge >= 0.3 is 0 Å². The molecule has 2 N–H and O–H groups in total. The van der Waals surface area contributed by atoms with Crippen molar-refractivity contribution in [1.82, 2.24) is 4.90 Å². The Balaban J connectivity index is 1.89. The van der Waals surface area contributed by atoms with E-state index in [0.717, 1.165) is 31.7 Å². The lowest BCUT2D eigenvalue weighted by Crippen LogP contribution is -2.26. The number of hydrogen-bond acceptors (Lipinski definition) is 3. The molecular weight excluding hydrogens is 252 g/mol. The molecule has 0 radical (unpaired) electrons. The van der Waals surface area contributed by atoms with Crippen molar-refractivity contribution in [3.05, 3.63) is 52.2 Å². The number of nitrogens with two attached hydrogens (primary N) is 1. The number of anilines is 1. The van der Waals surface area contributed by atoms with E-state index in [1.807, 2.05) is 12.1 Å². The van der Waals surface area contributed by atoms with Crippen LogP contribution in [0.2, 0.25) is 0 Å². The Kier molecular flexibility index (Phi) is 5.43. The monoisotopic (exact) mass is 274 g/mol. The predicted molar refractivity (Wildman–Crippen MR) is 84.4 cm³/mol. The zero-order valence-corrected chi connectivity index (χ0v) is 12.3. The highest BCUT2D eigenvalue weighted by Crippen LogP contribution is 2.11. The predicted octanol–water partition coefficient (Wildman–Crippen LogP) is 3.79. The molecule has 0 aliphatic carbocycles. The highest BCUT2D eigenvalue weighted by molar-refractivity contribution is 7.07. The summed E-state index contributed by atoms with van der Waals surface area (Å²) in [6.07, 6.45) is 2.33. The maximum Gasteiger partial charge on any atom is 0.0314 e. The van der Waals surface area contributed by atoms with Crippen LogP contribution in [-0.4, -0.2) is 18.0 Å². The summed E-state index contributed by atoms with van der Waals surface area (Å²) in [5, 5.41) is 4.40. The normalized spacial score (nSPS) is 11.1. The zero-order valence-electron chi connectivity index (χ0n) is 11.5. The Morgan fingerprint density at radius 2 is 1.84 bits per heavy atom. The van der Waals surface area contributed by atoms with Crippen LogP contribution in [0.1, 0.15) is 24.5 Å². The molecule has 0 bridgehead atoms. The van der Waals surface area contributed by atoms with Gasteiger partial charge in [0.25, 0.3) is 0 Å². The smallest absolute Gasteiger partial charge is 0.0314 e. The van der Waals surface area contributed by atoms with Gasteiger partial charge in [0, 0.05) is 18.8 Å². The maximum atomic E-state index is 5.73. The molecule has 0 aliphatic heterocycles. The third kappa shape index (κ3) is 4.69. The summed E-state index contributed by atoms with van der Waals surface area (Å²) in [5.74, 6) is 0. The Hall–Kier alpha value is -1.32. The number of benzene rings is 1. The highest BCUT2D eigenvalue weighted by atomic mass is 32.1. The van der Waals surface area contributed by atoms with Gasteiger partial charge in [0.2, 0.25) is 0 Å². The molecule has 1 aromatic heterocycles. The maximum absolute atomic E-state index is 5.73. The van der Waals surface area contributed by atoms with Crippen molar-refractivity contribution in [2.75, 3.05) is 18.8 Å². The van der Waals surface area contributed by atoms with Crippen LogP contribution in [-0.2, 0) is 13.0 Å². The molecule has 0 saturated carbocycles. The molecule has 0 atom stereocenters. The second-order valence-corrected chi connectivity index (χ2v) is 5.68. The van der Waals surface area contributed by atoms with E-state index < -0.39 is 0 Å². The second-order valence-electron chi connectivity index (χ2n) is 4.90. The molecule has 1 aromatic carbocycles. The molecule has 2 rings (SSSR count). The van der Waals surface area contributed by atoms with Gasteiger partial charge in [0.05, 0.1) is 0 Å². The number of thiophene rings is 1. The summed E-state index contributed by atoms with van der Waals surface area (Å²) in [6, 6.07) is 10.4. The van der Waals surface area contributed by atoms with E-state index in [1.54, 1.807) is 11.3 Å². The fourth-order valence-electron chi connectivity index (χ4n) is 2.19. The summed E-state index contributed by atoms with van der Waals surface area (Å²) in [6.45, 7) is 5.52. The van der Waals surface area contributed by atoms with Crippen molar-refractivity contribution in [1.29, 1.82) is 0 Å². The van der Waals surface area contributed by atoms with E-state index in [-0.39, 0.29) is 0 Å². The number of nitrogens with zero attached hydrogens (tertiary/aromatic N) is 1. The van der Waals surface area contributed by atoms with E-state index in [4.69, 9.17) is 5.73 Å². The van der Waals surface area contributed by atoms with Gasteiger partial charge in [-0.1, -0.05) is 19.1 Å². The van der Waals surface area contributed by atoms with Gasteiger partial charge in [-0.2, -0.15) is 11.3 Å². The lowest BCUT2D eigenvalue weighted by Gasteiger charge is -2.21. The average molecular weight is 274 g/mol. The van der Waals surface area contributed by atoms with Gasteiger partial charge in [-0.3, -0.25) is 4.90 Å². The Morgan fingerprint density at radius 3 is 2.47 bits per heavy atom. The molecule has 0 aliphatic rings. The second kappa shape index (κ2) is 7.31. The molecule has 0 fully saturated rings. The van der Waals surface area contributed by atoms with Gasteiger partial charge in [-0.15, -0.1) is 0 Å². The van der Waals surface area contributed by atoms with Crippen LogP contribution in [0.15, 0.2) is 41.1 Å². The summed E-state index contributed by atoms with van der Waals surface area (Å²) < 4.78 is 0. The van der Waals surface area contributed by atoms with Gasteiger partial charge in [0.15, 0.2) is 0 Å². The van der Waals surface area contributed by atoms with Crippen molar-refractivity contribution < 1.29 is 0 Å². The number of hydrogen-bond donors (Lipinski definition) is 1. The minimum Gasteiger partial charge on any atom is -0.399 e. The molecule has 0 amide bonds. The van der Waals surface area contributed by atoms with Crippen LogP contribution < -0.4 is 5.73 Å². The molecule has 0 saturated heterocycles. The van der Waals surface area contributed by atoms with Crippen molar-refractivity contribution >= 4 is 17.0 Å². The third-order valence-corrected chi connectivity index (χ3v) is 3.95. The highest BCUT2D eigenvalue weighted by Gasteiger charge is 2.05. The van der Waals surface area contributed by atoms with Crippen LogP contribution in [0, 0.1) is 0 Å². The largest absolute Gasteiger partial charge is 0.399 e. The average Bonchev–Trinajstić information content (AvgIpc) is 2.92. The Labute approximate surface area is 119 Å². The molecular formula is C16H22N2S. The summed E-state index contributed by atoms with van der Waals surface area (Å²) >= 11 is 1.78. The summed E-state index contributed by atoms with van der Waals surface area (Å²) in [4.78, 5) is 2.52. The van der Waals surface area contributed by atoms with Crippen LogP contribution in [0.3, 0.4) is 0 Å². The van der Waals surface area contributed by atoms with Crippen LogP contribution in [0.25, 0.3) is 0 Å². The number of nitrogen functional groups attached to an aromatic ring is 1. The molecule has 0 unspecified atom stereocenters. The fourth-order valence-corrected chi connectivity index (χ4v) is 2.89. The van der Waals surface area contributed by atoms with E-state index in [0.29, 0.717) is 0 Å². The van der Waals surface area contributed by atoms with Crippen molar-refractivity contribution in [2.45, 2.75) is 26.3 Å². The van der Waals surface area contributed by atoms with Gasteiger partial charge < -0.3 is 5.73 Å².